The van der Waals surface area contributed by atoms with Crippen LogP contribution in [-0.2, 0) is 12.8 Å². The lowest BCUT2D eigenvalue weighted by Gasteiger charge is -2.18. The Bertz CT molecular complexity index is 282. The molecule has 0 saturated carbocycles. The van der Waals surface area contributed by atoms with Gasteiger partial charge in [-0.1, -0.05) is 0 Å². The Labute approximate surface area is 76.7 Å². The summed E-state index contributed by atoms with van der Waals surface area (Å²) in [6.07, 6.45) is 3.15. The van der Waals surface area contributed by atoms with Crippen molar-refractivity contribution in [3.63, 3.8) is 0 Å². The van der Waals surface area contributed by atoms with Crippen molar-refractivity contribution in [1.29, 1.82) is 0 Å². The van der Waals surface area contributed by atoms with E-state index in [1.807, 2.05) is 6.07 Å². The van der Waals surface area contributed by atoms with Crippen molar-refractivity contribution in [3.05, 3.63) is 22.6 Å². The van der Waals surface area contributed by atoms with Gasteiger partial charge in [-0.25, -0.2) is 0 Å². The number of hydrogen-bond acceptors (Lipinski definition) is 2. The van der Waals surface area contributed by atoms with E-state index in [-0.39, 0.29) is 0 Å². The molecule has 1 aromatic heterocycles. The largest absolute Gasteiger partial charge is 0.449 e. The van der Waals surface area contributed by atoms with Crippen molar-refractivity contribution >= 4 is 11.6 Å². The molecule has 0 bridgehead atoms. The van der Waals surface area contributed by atoms with Crippen LogP contribution in [0, 0.1) is 5.92 Å². The summed E-state index contributed by atoms with van der Waals surface area (Å²) in [7, 11) is 0. The van der Waals surface area contributed by atoms with Gasteiger partial charge in [0.05, 0.1) is 0 Å². The van der Waals surface area contributed by atoms with Crippen LogP contribution in [0.2, 0.25) is 5.22 Å². The van der Waals surface area contributed by atoms with Crippen LogP contribution in [0.1, 0.15) is 17.7 Å². The molecule has 1 atom stereocenters. The summed E-state index contributed by atoms with van der Waals surface area (Å²) in [5.41, 5.74) is 6.86. The second-order valence-electron chi connectivity index (χ2n) is 3.34. The third-order valence-corrected chi connectivity index (χ3v) is 2.67. The van der Waals surface area contributed by atoms with Gasteiger partial charge in [-0.2, -0.15) is 0 Å². The van der Waals surface area contributed by atoms with Gasteiger partial charge in [-0.3, -0.25) is 0 Å². The molecule has 0 aliphatic heterocycles. The highest BCUT2D eigenvalue weighted by atomic mass is 35.5. The summed E-state index contributed by atoms with van der Waals surface area (Å²) in [6.45, 7) is 0.766. The first kappa shape index (κ1) is 8.14. The van der Waals surface area contributed by atoms with Crippen molar-refractivity contribution in [1.82, 2.24) is 0 Å². The first-order valence-electron chi connectivity index (χ1n) is 4.26. The molecule has 1 aliphatic rings. The number of rotatable bonds is 1. The quantitative estimate of drug-likeness (QED) is 0.727. The Morgan fingerprint density at radius 3 is 3.25 bits per heavy atom. The van der Waals surface area contributed by atoms with Crippen molar-refractivity contribution in [3.8, 4) is 0 Å². The van der Waals surface area contributed by atoms with E-state index in [0.29, 0.717) is 11.1 Å². The van der Waals surface area contributed by atoms with Crippen LogP contribution in [0.4, 0.5) is 0 Å². The third kappa shape index (κ3) is 1.37. The highest BCUT2D eigenvalue weighted by Crippen LogP contribution is 2.29. The third-order valence-electron chi connectivity index (χ3n) is 2.49. The fourth-order valence-corrected chi connectivity index (χ4v) is 1.99. The Hall–Kier alpha value is -0.470. The number of furan rings is 1. The van der Waals surface area contributed by atoms with E-state index in [1.54, 1.807) is 0 Å². The van der Waals surface area contributed by atoms with Crippen molar-refractivity contribution in [2.75, 3.05) is 6.54 Å². The minimum absolute atomic E-state index is 0.512. The number of halogens is 1. The van der Waals surface area contributed by atoms with E-state index < -0.39 is 0 Å². The SMILES string of the molecule is NCC1CCc2oc(Cl)cc2C1. The molecule has 0 fully saturated rings. The zero-order valence-corrected chi connectivity index (χ0v) is 7.60. The van der Waals surface area contributed by atoms with Gasteiger partial charge in [0.1, 0.15) is 5.76 Å². The predicted octanol–water partition coefficient (Wildman–Crippen LogP) is 2.00. The lowest BCUT2D eigenvalue weighted by atomic mass is 9.88. The van der Waals surface area contributed by atoms with Gasteiger partial charge >= 0.3 is 0 Å². The standard InChI is InChI=1S/C9H12ClNO/c10-9-4-7-3-6(5-11)1-2-8(7)12-9/h4,6H,1-3,5,11H2. The van der Waals surface area contributed by atoms with Gasteiger partial charge < -0.3 is 10.2 Å². The van der Waals surface area contributed by atoms with E-state index in [0.717, 1.165) is 31.6 Å². The van der Waals surface area contributed by atoms with E-state index in [1.165, 1.54) is 5.56 Å². The van der Waals surface area contributed by atoms with Crippen LogP contribution in [0.5, 0.6) is 0 Å². The Kier molecular flexibility index (Phi) is 2.11. The van der Waals surface area contributed by atoms with Gasteiger partial charge in [-0.15, -0.1) is 0 Å². The topological polar surface area (TPSA) is 39.2 Å². The van der Waals surface area contributed by atoms with E-state index >= 15 is 0 Å². The molecule has 0 radical (unpaired) electrons. The maximum Gasteiger partial charge on any atom is 0.193 e. The first-order chi connectivity index (χ1) is 5.79. The lowest BCUT2D eigenvalue weighted by Crippen LogP contribution is -2.21. The monoisotopic (exact) mass is 185 g/mol. The minimum Gasteiger partial charge on any atom is -0.449 e. The minimum atomic E-state index is 0.512. The average Bonchev–Trinajstić information content (AvgIpc) is 2.43. The molecule has 2 N–H and O–H groups in total. The second kappa shape index (κ2) is 3.11. The number of nitrogens with two attached hydrogens (primary N) is 1. The molecular weight excluding hydrogens is 174 g/mol. The molecule has 2 nitrogen and oxygen atoms in total. The predicted molar refractivity (Wildman–Crippen MR) is 48.3 cm³/mol. The molecule has 66 valence electrons. The smallest absolute Gasteiger partial charge is 0.193 e. The molecule has 1 unspecified atom stereocenters. The zero-order valence-electron chi connectivity index (χ0n) is 6.85. The lowest BCUT2D eigenvalue weighted by molar-refractivity contribution is 0.411. The van der Waals surface area contributed by atoms with E-state index in [4.69, 9.17) is 21.8 Å². The summed E-state index contributed by atoms with van der Waals surface area (Å²) in [5, 5.41) is 0.512. The van der Waals surface area contributed by atoms with Crippen LogP contribution in [0.25, 0.3) is 0 Å². The summed E-state index contributed by atoms with van der Waals surface area (Å²) in [4.78, 5) is 0. The summed E-state index contributed by atoms with van der Waals surface area (Å²) in [6, 6.07) is 1.92. The molecule has 0 amide bonds. The van der Waals surface area contributed by atoms with Gasteiger partial charge in [0.15, 0.2) is 5.22 Å². The molecule has 2 rings (SSSR count). The van der Waals surface area contributed by atoms with Crippen LogP contribution in [0.15, 0.2) is 10.5 Å². The fraction of sp³-hybridized carbons (Fsp3) is 0.556. The molecule has 3 heteroatoms. The number of fused-ring (bicyclic) bond motifs is 1. The van der Waals surface area contributed by atoms with Crippen LogP contribution in [0.3, 0.4) is 0 Å². The maximum atomic E-state index is 5.74. The van der Waals surface area contributed by atoms with Crippen molar-refractivity contribution in [2.24, 2.45) is 11.7 Å². The maximum absolute atomic E-state index is 5.74. The van der Waals surface area contributed by atoms with Gasteiger partial charge in [0, 0.05) is 6.42 Å². The first-order valence-corrected chi connectivity index (χ1v) is 4.64. The van der Waals surface area contributed by atoms with E-state index in [2.05, 4.69) is 0 Å². The fourth-order valence-electron chi connectivity index (χ4n) is 1.76. The highest BCUT2D eigenvalue weighted by Gasteiger charge is 2.20. The van der Waals surface area contributed by atoms with Gasteiger partial charge in [0.2, 0.25) is 0 Å². The summed E-state index contributed by atoms with van der Waals surface area (Å²) >= 11 is 5.74. The number of hydrogen-bond donors (Lipinski definition) is 1. The molecule has 1 aromatic rings. The molecular formula is C9H12ClNO. The molecule has 12 heavy (non-hydrogen) atoms. The van der Waals surface area contributed by atoms with Gasteiger partial charge in [-0.05, 0) is 48.5 Å². The number of aryl methyl sites for hydroxylation is 1. The second-order valence-corrected chi connectivity index (χ2v) is 3.72. The molecule has 1 aliphatic carbocycles. The Morgan fingerprint density at radius 2 is 2.50 bits per heavy atom. The molecule has 1 heterocycles. The zero-order chi connectivity index (χ0) is 8.55. The average molecular weight is 186 g/mol. The summed E-state index contributed by atoms with van der Waals surface area (Å²) in [5.74, 6) is 1.68. The van der Waals surface area contributed by atoms with Gasteiger partial charge in [0.25, 0.3) is 0 Å². The van der Waals surface area contributed by atoms with Crippen LogP contribution in [-0.4, -0.2) is 6.54 Å². The molecule has 0 aromatic carbocycles. The Balaban J connectivity index is 2.22. The van der Waals surface area contributed by atoms with Crippen LogP contribution >= 0.6 is 11.6 Å². The van der Waals surface area contributed by atoms with Crippen molar-refractivity contribution < 1.29 is 4.42 Å². The Morgan fingerprint density at radius 1 is 1.67 bits per heavy atom. The summed E-state index contributed by atoms with van der Waals surface area (Å²) < 4.78 is 5.32. The highest BCUT2D eigenvalue weighted by molar-refractivity contribution is 6.28. The molecule has 0 saturated heterocycles. The normalized spacial score (nSPS) is 22.3. The van der Waals surface area contributed by atoms with Crippen molar-refractivity contribution in [2.45, 2.75) is 19.3 Å². The van der Waals surface area contributed by atoms with E-state index in [9.17, 15) is 0 Å². The molecule has 0 spiro atoms. The van der Waals surface area contributed by atoms with Crippen LogP contribution < -0.4 is 5.73 Å².